The fraction of sp³-hybridized carbons (Fsp3) is 0.562. The first-order valence-corrected chi connectivity index (χ1v) is 7.98. The molecule has 6 heteroatoms. The molecule has 5 nitrogen and oxygen atoms in total. The van der Waals surface area contributed by atoms with Gasteiger partial charge in [0.2, 0.25) is 0 Å². The van der Waals surface area contributed by atoms with Crippen molar-refractivity contribution in [1.29, 1.82) is 0 Å². The molecule has 1 aliphatic carbocycles. The molecule has 118 valence electrons. The summed E-state index contributed by atoms with van der Waals surface area (Å²) >= 11 is 6.31. The predicted octanol–water partition coefficient (Wildman–Crippen LogP) is 1.26. The van der Waals surface area contributed by atoms with Gasteiger partial charge in [-0.2, -0.15) is 0 Å². The topological polar surface area (TPSA) is 63.7 Å². The van der Waals surface area contributed by atoms with Gasteiger partial charge in [0.25, 0.3) is 0 Å². The second-order valence-corrected chi connectivity index (χ2v) is 6.34. The fourth-order valence-corrected chi connectivity index (χ4v) is 3.82. The third-order valence-electron chi connectivity index (χ3n) is 4.44. The van der Waals surface area contributed by atoms with E-state index in [1.165, 1.54) is 0 Å². The van der Waals surface area contributed by atoms with Gasteiger partial charge >= 0.3 is 5.97 Å². The van der Waals surface area contributed by atoms with Gasteiger partial charge in [0.1, 0.15) is 5.38 Å². The summed E-state index contributed by atoms with van der Waals surface area (Å²) in [6.07, 6.45) is 4.28. The zero-order chi connectivity index (χ0) is 15.9. The molecular weight excluding hydrogens is 306 g/mol. The summed E-state index contributed by atoms with van der Waals surface area (Å²) in [7, 11) is 0. The van der Waals surface area contributed by atoms with Crippen molar-refractivity contribution >= 4 is 29.1 Å². The molecule has 3 aliphatic rings. The van der Waals surface area contributed by atoms with Gasteiger partial charge in [-0.3, -0.25) is 14.5 Å². The quantitative estimate of drug-likeness (QED) is 0.435. The number of rotatable bonds is 2. The largest absolute Gasteiger partial charge is 0.462 e. The van der Waals surface area contributed by atoms with Crippen molar-refractivity contribution < 1.29 is 19.1 Å². The highest BCUT2D eigenvalue weighted by molar-refractivity contribution is 6.35. The molecule has 2 heterocycles. The van der Waals surface area contributed by atoms with Crippen molar-refractivity contribution in [2.75, 3.05) is 19.7 Å². The molecule has 3 unspecified atom stereocenters. The molecule has 3 rings (SSSR count). The van der Waals surface area contributed by atoms with E-state index in [-0.39, 0.29) is 42.5 Å². The summed E-state index contributed by atoms with van der Waals surface area (Å²) in [5.41, 5.74) is 1.19. The Morgan fingerprint density at radius 1 is 1.45 bits per heavy atom. The Morgan fingerprint density at radius 2 is 2.23 bits per heavy atom. The molecule has 2 fully saturated rings. The van der Waals surface area contributed by atoms with Crippen molar-refractivity contribution in [2.24, 2.45) is 5.92 Å². The van der Waals surface area contributed by atoms with Crippen LogP contribution in [0, 0.1) is 5.92 Å². The van der Waals surface area contributed by atoms with Crippen LogP contribution in [0.5, 0.6) is 0 Å². The fourth-order valence-electron chi connectivity index (χ4n) is 3.55. The molecule has 22 heavy (non-hydrogen) atoms. The minimum absolute atomic E-state index is 0.0612. The van der Waals surface area contributed by atoms with Gasteiger partial charge in [0.05, 0.1) is 25.1 Å². The van der Waals surface area contributed by atoms with Crippen LogP contribution in [0.2, 0.25) is 0 Å². The Kier molecular flexibility index (Phi) is 4.19. The lowest BCUT2D eigenvalue weighted by Crippen LogP contribution is -2.45. The Labute approximate surface area is 133 Å². The number of carbonyl (C=O) groups excluding carboxylic acids is 3. The Bertz CT molecular complexity index is 595. The van der Waals surface area contributed by atoms with Crippen molar-refractivity contribution in [3.05, 3.63) is 23.3 Å². The maximum absolute atomic E-state index is 12.1. The number of alkyl halides is 1. The van der Waals surface area contributed by atoms with Crippen LogP contribution in [-0.2, 0) is 19.1 Å². The van der Waals surface area contributed by atoms with Crippen LogP contribution in [0.1, 0.15) is 19.8 Å². The summed E-state index contributed by atoms with van der Waals surface area (Å²) < 4.78 is 5.06. The highest BCUT2D eigenvalue weighted by atomic mass is 35.5. The van der Waals surface area contributed by atoms with Crippen LogP contribution in [0.3, 0.4) is 0 Å². The van der Waals surface area contributed by atoms with Crippen LogP contribution in [0.25, 0.3) is 0 Å². The maximum Gasteiger partial charge on any atom is 0.337 e. The average molecular weight is 324 g/mol. The smallest absolute Gasteiger partial charge is 0.337 e. The first-order valence-electron chi connectivity index (χ1n) is 7.54. The van der Waals surface area contributed by atoms with Crippen LogP contribution < -0.4 is 0 Å². The average Bonchev–Trinajstić information content (AvgIpc) is 2.87. The molecule has 0 spiro atoms. The summed E-state index contributed by atoms with van der Waals surface area (Å²) in [6.45, 7) is 3.10. The van der Waals surface area contributed by atoms with Crippen LogP contribution in [0.4, 0.5) is 0 Å². The molecule has 2 aliphatic heterocycles. The highest BCUT2D eigenvalue weighted by Crippen LogP contribution is 2.39. The number of halogens is 1. The van der Waals surface area contributed by atoms with E-state index in [1.54, 1.807) is 13.0 Å². The van der Waals surface area contributed by atoms with E-state index in [1.807, 2.05) is 6.08 Å². The van der Waals surface area contributed by atoms with E-state index in [0.717, 1.165) is 18.5 Å². The van der Waals surface area contributed by atoms with Crippen molar-refractivity contribution in [2.45, 2.75) is 31.2 Å². The number of hydrogen-bond acceptors (Lipinski definition) is 5. The number of Topliss-reactive ketones (excluding diaryl/α,β-unsaturated/α-hetero) is 2. The van der Waals surface area contributed by atoms with E-state index < -0.39 is 5.38 Å². The summed E-state index contributed by atoms with van der Waals surface area (Å²) in [4.78, 5) is 38.1. The zero-order valence-corrected chi connectivity index (χ0v) is 13.1. The highest BCUT2D eigenvalue weighted by Gasteiger charge is 2.44. The first-order chi connectivity index (χ1) is 10.5. The van der Waals surface area contributed by atoms with Crippen LogP contribution >= 0.6 is 11.6 Å². The van der Waals surface area contributed by atoms with Crippen LogP contribution in [0.15, 0.2) is 23.3 Å². The third-order valence-corrected chi connectivity index (χ3v) is 4.94. The van der Waals surface area contributed by atoms with Gasteiger partial charge in [0.15, 0.2) is 11.6 Å². The normalized spacial score (nSPS) is 31.8. The van der Waals surface area contributed by atoms with Gasteiger partial charge in [-0.15, -0.1) is 11.6 Å². The van der Waals surface area contributed by atoms with Crippen molar-refractivity contribution in [3.8, 4) is 0 Å². The van der Waals surface area contributed by atoms with Gasteiger partial charge in [-0.25, -0.2) is 4.79 Å². The molecule has 2 saturated heterocycles. The van der Waals surface area contributed by atoms with Gasteiger partial charge in [-0.05, 0) is 37.5 Å². The lowest BCUT2D eigenvalue weighted by atomic mass is 9.82. The molecule has 3 atom stereocenters. The lowest BCUT2D eigenvalue weighted by Gasteiger charge is -2.35. The maximum atomic E-state index is 12.1. The molecule has 0 amide bonds. The Balaban J connectivity index is 1.98. The van der Waals surface area contributed by atoms with Gasteiger partial charge < -0.3 is 4.74 Å². The SMILES string of the molecule is CCOC(=O)C1=CC2CCN3CC(=O)CC(=O)C(Cl)C(=C1)C23. The van der Waals surface area contributed by atoms with E-state index in [0.29, 0.717) is 12.2 Å². The summed E-state index contributed by atoms with van der Waals surface area (Å²) in [5.74, 6) is -0.662. The summed E-state index contributed by atoms with van der Waals surface area (Å²) in [6, 6.07) is -0.0612. The number of carbonyl (C=O) groups is 3. The number of hydrogen-bond donors (Lipinski definition) is 0. The first kappa shape index (κ1) is 15.4. The van der Waals surface area contributed by atoms with Crippen LogP contribution in [-0.4, -0.2) is 53.6 Å². The molecule has 0 aromatic rings. The molecule has 0 aromatic heterocycles. The summed E-state index contributed by atoms with van der Waals surface area (Å²) in [5, 5.41) is -0.851. The van der Waals surface area contributed by atoms with Crippen molar-refractivity contribution in [1.82, 2.24) is 4.90 Å². The monoisotopic (exact) mass is 323 g/mol. The Morgan fingerprint density at radius 3 is 2.95 bits per heavy atom. The molecule has 0 N–H and O–H groups in total. The second kappa shape index (κ2) is 5.97. The van der Waals surface area contributed by atoms with E-state index in [4.69, 9.17) is 16.3 Å². The number of esters is 1. The third kappa shape index (κ3) is 2.63. The second-order valence-electron chi connectivity index (χ2n) is 5.90. The zero-order valence-electron chi connectivity index (χ0n) is 12.4. The predicted molar refractivity (Wildman–Crippen MR) is 80.5 cm³/mol. The van der Waals surface area contributed by atoms with Gasteiger partial charge in [-0.1, -0.05) is 6.08 Å². The molecular formula is C16H18ClNO4. The lowest BCUT2D eigenvalue weighted by molar-refractivity contribution is -0.138. The molecule has 0 saturated carbocycles. The minimum Gasteiger partial charge on any atom is -0.462 e. The Hall–Kier alpha value is -1.46. The number of nitrogens with zero attached hydrogens (tertiary/aromatic N) is 1. The molecule has 0 radical (unpaired) electrons. The number of ketones is 2. The van der Waals surface area contributed by atoms with Crippen molar-refractivity contribution in [3.63, 3.8) is 0 Å². The van der Waals surface area contributed by atoms with E-state index >= 15 is 0 Å². The molecule has 0 bridgehead atoms. The standard InChI is InChI=1S/C16H18ClNO4/c1-2-22-16(21)10-5-9-3-4-18-8-11(19)7-13(20)14(17)12(6-10)15(9)18/h5-6,9,14-15H,2-4,7-8H2,1H3. The molecule has 0 aromatic carbocycles. The van der Waals surface area contributed by atoms with E-state index in [2.05, 4.69) is 4.90 Å². The number of ether oxygens (including phenoxy) is 1. The van der Waals surface area contributed by atoms with Gasteiger partial charge in [0, 0.05) is 6.04 Å². The van der Waals surface area contributed by atoms with E-state index in [9.17, 15) is 14.4 Å². The minimum atomic E-state index is -0.851.